The van der Waals surface area contributed by atoms with Gasteiger partial charge in [-0.25, -0.2) is 4.98 Å². The van der Waals surface area contributed by atoms with E-state index in [-0.39, 0.29) is 30.4 Å². The first-order valence-corrected chi connectivity index (χ1v) is 11.2. The van der Waals surface area contributed by atoms with Gasteiger partial charge < -0.3 is 4.90 Å². The summed E-state index contributed by atoms with van der Waals surface area (Å²) >= 11 is 0. The molecule has 0 atom stereocenters. The Morgan fingerprint density at radius 3 is 2.39 bits per heavy atom. The highest BCUT2D eigenvalue weighted by Gasteiger charge is 2.31. The summed E-state index contributed by atoms with van der Waals surface area (Å²) in [6.45, 7) is 5.80. The number of benzene rings is 2. The third kappa shape index (κ3) is 5.58. The van der Waals surface area contributed by atoms with E-state index >= 15 is 0 Å². The minimum Gasteiger partial charge on any atom is -0.369 e. The topological polar surface area (TPSA) is 54.3 Å². The molecule has 1 fully saturated rings. The zero-order valence-electron chi connectivity index (χ0n) is 19.5. The van der Waals surface area contributed by atoms with Gasteiger partial charge in [0.1, 0.15) is 0 Å². The number of alkyl halides is 3. The van der Waals surface area contributed by atoms with Gasteiger partial charge in [-0.3, -0.25) is 19.2 Å². The first kappa shape index (κ1) is 27.7. The minimum atomic E-state index is -4.35. The second kappa shape index (κ2) is 11.0. The van der Waals surface area contributed by atoms with Crippen molar-refractivity contribution in [2.75, 3.05) is 37.6 Å². The number of rotatable bonds is 4. The number of aromatic nitrogens is 3. The number of anilines is 1. The van der Waals surface area contributed by atoms with Crippen LogP contribution in [-0.4, -0.2) is 52.2 Å². The highest BCUT2D eigenvalue weighted by molar-refractivity contribution is 6.02. The van der Waals surface area contributed by atoms with Gasteiger partial charge in [0.15, 0.2) is 0 Å². The van der Waals surface area contributed by atoms with Gasteiger partial charge in [0.05, 0.1) is 28.3 Å². The van der Waals surface area contributed by atoms with Crippen LogP contribution in [0.2, 0.25) is 0 Å². The molecule has 0 unspecified atom stereocenters. The molecule has 1 aliphatic heterocycles. The van der Waals surface area contributed by atoms with Crippen molar-refractivity contribution in [2.24, 2.45) is 0 Å². The van der Waals surface area contributed by atoms with Crippen LogP contribution in [0.4, 0.5) is 18.9 Å². The number of pyridine rings is 1. The number of hydrogen-bond acceptors (Lipinski definition) is 5. The second-order valence-electron chi connectivity index (χ2n) is 8.66. The van der Waals surface area contributed by atoms with Crippen LogP contribution in [-0.2, 0) is 12.7 Å². The number of aryl methyl sites for hydroxylation is 1. The Morgan fingerprint density at radius 2 is 1.67 bits per heavy atom. The molecule has 4 aromatic rings. The van der Waals surface area contributed by atoms with Crippen LogP contribution in [0.5, 0.6) is 0 Å². The van der Waals surface area contributed by atoms with Gasteiger partial charge in [-0.05, 0) is 36.8 Å². The quantitative estimate of drug-likeness (QED) is 0.344. The van der Waals surface area contributed by atoms with Crippen molar-refractivity contribution in [3.05, 3.63) is 76.5 Å². The van der Waals surface area contributed by atoms with E-state index in [1.807, 2.05) is 30.0 Å². The fourth-order valence-corrected chi connectivity index (χ4v) is 4.44. The van der Waals surface area contributed by atoms with E-state index in [1.165, 1.54) is 12.1 Å². The minimum absolute atomic E-state index is 0. The largest absolute Gasteiger partial charge is 0.416 e. The van der Waals surface area contributed by atoms with Crippen LogP contribution in [0.15, 0.2) is 59.8 Å². The monoisotopic (exact) mass is 539 g/mol. The standard InChI is InChI=1S/C25H24F3N5O.2ClH/c1-17-5-6-20-22(13-17)29-15-21-23(20)30-16-33(24(21)34)12-9-31-7-10-32(11-8-31)19-4-2-3-18(14-19)25(26,27)28;;/h2-6,13-16H,7-12H2,1H3;2*1H. The van der Waals surface area contributed by atoms with Gasteiger partial charge in [0.2, 0.25) is 0 Å². The Kier molecular flexibility index (Phi) is 8.48. The molecule has 0 saturated carbocycles. The molecule has 1 saturated heterocycles. The third-order valence-corrected chi connectivity index (χ3v) is 6.38. The zero-order valence-corrected chi connectivity index (χ0v) is 21.2. The molecule has 192 valence electrons. The molecule has 2 aromatic heterocycles. The van der Waals surface area contributed by atoms with Gasteiger partial charge in [0.25, 0.3) is 5.56 Å². The summed E-state index contributed by atoms with van der Waals surface area (Å²) in [6.07, 6.45) is -1.17. The van der Waals surface area contributed by atoms with Crippen LogP contribution < -0.4 is 10.5 Å². The number of piperazine rings is 1. The Balaban J connectivity index is 0.00000180. The van der Waals surface area contributed by atoms with Crippen molar-refractivity contribution in [1.82, 2.24) is 19.4 Å². The van der Waals surface area contributed by atoms with E-state index < -0.39 is 11.7 Å². The molecule has 2 aromatic carbocycles. The summed E-state index contributed by atoms with van der Waals surface area (Å²) in [4.78, 5) is 26.2. The second-order valence-corrected chi connectivity index (χ2v) is 8.66. The first-order valence-electron chi connectivity index (χ1n) is 11.2. The lowest BCUT2D eigenvalue weighted by Crippen LogP contribution is -2.47. The molecule has 1 aliphatic rings. The number of nitrogens with zero attached hydrogens (tertiary/aromatic N) is 5. The maximum Gasteiger partial charge on any atom is 0.416 e. The van der Waals surface area contributed by atoms with Crippen molar-refractivity contribution in [1.29, 1.82) is 0 Å². The van der Waals surface area contributed by atoms with Crippen LogP contribution >= 0.6 is 24.8 Å². The van der Waals surface area contributed by atoms with E-state index in [0.717, 1.165) is 22.5 Å². The molecule has 0 aliphatic carbocycles. The summed E-state index contributed by atoms with van der Waals surface area (Å²) in [7, 11) is 0. The van der Waals surface area contributed by atoms with Gasteiger partial charge in [-0.1, -0.05) is 18.2 Å². The van der Waals surface area contributed by atoms with Gasteiger partial charge >= 0.3 is 6.18 Å². The number of hydrogen-bond donors (Lipinski definition) is 0. The van der Waals surface area contributed by atoms with Crippen LogP contribution in [0, 0.1) is 6.92 Å². The molecule has 6 nitrogen and oxygen atoms in total. The molecule has 0 amide bonds. The molecule has 0 bridgehead atoms. The summed E-state index contributed by atoms with van der Waals surface area (Å²) in [5, 5.41) is 1.35. The number of fused-ring (bicyclic) bond motifs is 3. The van der Waals surface area contributed by atoms with Crippen LogP contribution in [0.1, 0.15) is 11.1 Å². The van der Waals surface area contributed by atoms with Gasteiger partial charge in [-0.15, -0.1) is 24.8 Å². The highest BCUT2D eigenvalue weighted by Crippen LogP contribution is 2.32. The zero-order chi connectivity index (χ0) is 23.9. The van der Waals surface area contributed by atoms with E-state index in [1.54, 1.807) is 23.2 Å². The molecule has 0 spiro atoms. The van der Waals surface area contributed by atoms with E-state index in [4.69, 9.17) is 0 Å². The van der Waals surface area contributed by atoms with Crippen molar-refractivity contribution >= 4 is 52.3 Å². The third-order valence-electron chi connectivity index (χ3n) is 6.38. The normalized spacial score (nSPS) is 14.5. The van der Waals surface area contributed by atoms with Crippen molar-refractivity contribution in [3.63, 3.8) is 0 Å². The smallest absolute Gasteiger partial charge is 0.369 e. The van der Waals surface area contributed by atoms with E-state index in [0.29, 0.717) is 55.9 Å². The molecular formula is C25H26Cl2F3N5O. The Hall–Kier alpha value is -2.88. The van der Waals surface area contributed by atoms with E-state index in [2.05, 4.69) is 14.9 Å². The predicted octanol–water partition coefficient (Wildman–Crippen LogP) is 4.94. The molecule has 0 N–H and O–H groups in total. The summed E-state index contributed by atoms with van der Waals surface area (Å²) in [5.74, 6) is 0. The Bertz CT molecular complexity index is 1420. The van der Waals surface area contributed by atoms with Crippen LogP contribution in [0.25, 0.3) is 21.8 Å². The molecule has 11 heteroatoms. The molecule has 36 heavy (non-hydrogen) atoms. The summed E-state index contributed by atoms with van der Waals surface area (Å²) in [6, 6.07) is 11.4. The lowest BCUT2D eigenvalue weighted by Gasteiger charge is -2.36. The highest BCUT2D eigenvalue weighted by atomic mass is 35.5. The molecule has 0 radical (unpaired) electrons. The predicted molar refractivity (Wildman–Crippen MR) is 141 cm³/mol. The maximum absolute atomic E-state index is 13.0. The average molecular weight is 540 g/mol. The molecule has 5 rings (SSSR count). The average Bonchev–Trinajstić information content (AvgIpc) is 2.83. The first-order chi connectivity index (χ1) is 16.3. The van der Waals surface area contributed by atoms with Crippen LogP contribution in [0.3, 0.4) is 0 Å². The molecular weight excluding hydrogens is 514 g/mol. The lowest BCUT2D eigenvalue weighted by atomic mass is 10.1. The Labute approximate surface area is 218 Å². The van der Waals surface area contributed by atoms with Gasteiger partial charge in [-0.2, -0.15) is 13.2 Å². The van der Waals surface area contributed by atoms with Crippen molar-refractivity contribution in [2.45, 2.75) is 19.6 Å². The Morgan fingerprint density at radius 1 is 0.917 bits per heavy atom. The molecule has 3 heterocycles. The van der Waals surface area contributed by atoms with Crippen molar-refractivity contribution in [3.8, 4) is 0 Å². The maximum atomic E-state index is 13.0. The van der Waals surface area contributed by atoms with Gasteiger partial charge in [0, 0.05) is 56.5 Å². The van der Waals surface area contributed by atoms with Crippen molar-refractivity contribution < 1.29 is 13.2 Å². The van der Waals surface area contributed by atoms with E-state index in [9.17, 15) is 18.0 Å². The number of halogens is 5. The fraction of sp³-hybridized carbons (Fsp3) is 0.320. The SMILES string of the molecule is Cc1ccc2c(c1)ncc1c(=O)n(CCN3CCN(c4cccc(C(F)(F)F)c4)CC3)cnc12.Cl.Cl. The summed E-state index contributed by atoms with van der Waals surface area (Å²) < 4.78 is 40.7. The summed E-state index contributed by atoms with van der Waals surface area (Å²) in [5.41, 5.74) is 2.40. The fourth-order valence-electron chi connectivity index (χ4n) is 4.44. The lowest BCUT2D eigenvalue weighted by molar-refractivity contribution is -0.137.